The van der Waals surface area contributed by atoms with Crippen LogP contribution in [0.15, 0.2) is 36.9 Å². The lowest BCUT2D eigenvalue weighted by atomic mass is 9.92. The standard InChI is InChI=1S/C25H27F2N7O/c26-25(27)7-4-17(5-8-25)31-24-29-14-19-18(13-28-22(19)32-24)16-6-11-34-21(12-16)20(15-30-34)23(35)33-9-2-1-3-10-33/h6,11-15,17H,1-5,7-10H2,(H2,28,29,31,32). The van der Waals surface area contributed by atoms with Gasteiger partial charge in [0.15, 0.2) is 0 Å². The Morgan fingerprint density at radius 3 is 2.74 bits per heavy atom. The summed E-state index contributed by atoms with van der Waals surface area (Å²) >= 11 is 0. The monoisotopic (exact) mass is 479 g/mol. The van der Waals surface area contributed by atoms with E-state index < -0.39 is 5.92 Å². The summed E-state index contributed by atoms with van der Waals surface area (Å²) < 4.78 is 28.6. The number of fused-ring (bicyclic) bond motifs is 2. The van der Waals surface area contributed by atoms with E-state index >= 15 is 0 Å². The highest BCUT2D eigenvalue weighted by molar-refractivity contribution is 6.02. The SMILES string of the molecule is O=C(c1cnn2ccc(-c3c[nH]c4nc(NC5CCC(F)(F)CC5)ncc34)cc12)N1CCCCC1. The van der Waals surface area contributed by atoms with Gasteiger partial charge in [0.05, 0.1) is 17.3 Å². The van der Waals surface area contributed by atoms with E-state index in [9.17, 15) is 13.6 Å². The van der Waals surface area contributed by atoms with Crippen LogP contribution in [0.3, 0.4) is 0 Å². The van der Waals surface area contributed by atoms with Crippen molar-refractivity contribution in [2.45, 2.75) is 56.9 Å². The first kappa shape index (κ1) is 21.9. The van der Waals surface area contributed by atoms with Crippen molar-refractivity contribution in [3.8, 4) is 11.1 Å². The van der Waals surface area contributed by atoms with Crippen molar-refractivity contribution in [2.75, 3.05) is 18.4 Å². The number of carbonyl (C=O) groups is 1. The van der Waals surface area contributed by atoms with Crippen LogP contribution < -0.4 is 5.32 Å². The van der Waals surface area contributed by atoms with Gasteiger partial charge in [-0.3, -0.25) is 4.79 Å². The second-order valence-electron chi connectivity index (χ2n) is 9.59. The van der Waals surface area contributed by atoms with Gasteiger partial charge < -0.3 is 15.2 Å². The highest BCUT2D eigenvalue weighted by Crippen LogP contribution is 2.34. The Morgan fingerprint density at radius 2 is 1.94 bits per heavy atom. The summed E-state index contributed by atoms with van der Waals surface area (Å²) in [4.78, 5) is 27.2. The molecule has 2 aliphatic rings. The van der Waals surface area contributed by atoms with Gasteiger partial charge in [-0.05, 0) is 49.8 Å². The fourth-order valence-electron chi connectivity index (χ4n) is 5.16. The van der Waals surface area contributed by atoms with Crippen molar-refractivity contribution in [3.05, 3.63) is 42.5 Å². The molecule has 10 heteroatoms. The Balaban J connectivity index is 1.26. The number of rotatable bonds is 4. The smallest absolute Gasteiger partial charge is 0.257 e. The first-order valence-corrected chi connectivity index (χ1v) is 12.2. The van der Waals surface area contributed by atoms with E-state index in [4.69, 9.17) is 0 Å². The number of piperidine rings is 1. The Morgan fingerprint density at radius 1 is 1.14 bits per heavy atom. The molecule has 2 N–H and O–H groups in total. The summed E-state index contributed by atoms with van der Waals surface area (Å²) in [5, 5.41) is 8.42. The van der Waals surface area contributed by atoms with E-state index in [1.54, 1.807) is 16.9 Å². The van der Waals surface area contributed by atoms with Crippen LogP contribution in [0.2, 0.25) is 0 Å². The first-order valence-electron chi connectivity index (χ1n) is 12.2. The van der Waals surface area contributed by atoms with Crippen LogP contribution in [0.5, 0.6) is 0 Å². The molecule has 0 unspecified atom stereocenters. The van der Waals surface area contributed by atoms with Gasteiger partial charge in [-0.25, -0.2) is 18.3 Å². The van der Waals surface area contributed by atoms with Crippen molar-refractivity contribution >= 4 is 28.4 Å². The summed E-state index contributed by atoms with van der Waals surface area (Å²) in [6.45, 7) is 1.57. The number of pyridine rings is 1. The van der Waals surface area contributed by atoms with Crippen molar-refractivity contribution in [3.63, 3.8) is 0 Å². The van der Waals surface area contributed by atoms with Crippen LogP contribution in [0.1, 0.15) is 55.3 Å². The molecule has 4 aromatic rings. The quantitative estimate of drug-likeness (QED) is 0.435. The van der Waals surface area contributed by atoms with Crippen LogP contribution in [-0.2, 0) is 0 Å². The lowest BCUT2D eigenvalue weighted by molar-refractivity contribution is -0.0361. The molecule has 8 nitrogen and oxygen atoms in total. The predicted molar refractivity (Wildman–Crippen MR) is 129 cm³/mol. The molecule has 182 valence electrons. The van der Waals surface area contributed by atoms with Crippen molar-refractivity contribution in [1.82, 2.24) is 29.5 Å². The van der Waals surface area contributed by atoms with E-state index in [1.807, 2.05) is 29.4 Å². The molecule has 1 saturated carbocycles. The molecule has 4 aromatic heterocycles. The molecule has 1 aliphatic heterocycles. The molecule has 5 heterocycles. The third kappa shape index (κ3) is 4.21. The number of likely N-dealkylation sites (tertiary alicyclic amines) is 1. The summed E-state index contributed by atoms with van der Waals surface area (Å²) in [7, 11) is 0. The van der Waals surface area contributed by atoms with Gasteiger partial charge in [-0.15, -0.1) is 0 Å². The number of carbonyl (C=O) groups excluding carboxylic acids is 1. The lowest BCUT2D eigenvalue weighted by Crippen LogP contribution is -2.35. The molecule has 6 rings (SSSR count). The Bertz CT molecular complexity index is 1380. The number of aromatic nitrogens is 5. The van der Waals surface area contributed by atoms with Crippen LogP contribution in [0.25, 0.3) is 27.7 Å². The topological polar surface area (TPSA) is 91.2 Å². The molecule has 0 aromatic carbocycles. The zero-order chi connectivity index (χ0) is 24.0. The highest BCUT2D eigenvalue weighted by Gasteiger charge is 2.35. The first-order chi connectivity index (χ1) is 17.0. The number of aromatic amines is 1. The van der Waals surface area contributed by atoms with Gasteiger partial charge >= 0.3 is 0 Å². The van der Waals surface area contributed by atoms with Crippen LogP contribution in [0, 0.1) is 0 Å². The van der Waals surface area contributed by atoms with Crippen molar-refractivity contribution in [2.24, 2.45) is 0 Å². The van der Waals surface area contributed by atoms with E-state index in [0.29, 0.717) is 30.0 Å². The number of halogens is 2. The molecular formula is C25H27F2N7O. The van der Waals surface area contributed by atoms with Gasteiger partial charge in [0.1, 0.15) is 5.65 Å². The molecule has 1 aliphatic carbocycles. The maximum absolute atomic E-state index is 13.4. The third-order valence-corrected chi connectivity index (χ3v) is 7.19. The fraction of sp³-hybridized carbons (Fsp3) is 0.440. The van der Waals surface area contributed by atoms with Gasteiger partial charge in [0, 0.05) is 61.5 Å². The number of anilines is 1. The van der Waals surface area contributed by atoms with Gasteiger partial charge in [-0.1, -0.05) is 0 Å². The minimum atomic E-state index is -2.56. The fourth-order valence-corrected chi connectivity index (χ4v) is 5.16. The number of nitrogens with one attached hydrogen (secondary N) is 2. The Hall–Kier alpha value is -3.56. The summed E-state index contributed by atoms with van der Waals surface area (Å²) in [5.74, 6) is -2.11. The maximum Gasteiger partial charge on any atom is 0.257 e. The molecule has 35 heavy (non-hydrogen) atoms. The van der Waals surface area contributed by atoms with E-state index in [-0.39, 0.29) is 24.8 Å². The Labute approximate surface area is 200 Å². The van der Waals surface area contributed by atoms with Crippen LogP contribution in [0.4, 0.5) is 14.7 Å². The average molecular weight is 480 g/mol. The van der Waals surface area contributed by atoms with Crippen LogP contribution >= 0.6 is 0 Å². The normalized spacial score (nSPS) is 18.9. The average Bonchev–Trinajstić information content (AvgIpc) is 3.49. The van der Waals surface area contributed by atoms with Crippen molar-refractivity contribution in [1.29, 1.82) is 0 Å². The zero-order valence-corrected chi connectivity index (χ0v) is 19.3. The second kappa shape index (κ2) is 8.58. The summed E-state index contributed by atoms with van der Waals surface area (Å²) in [6.07, 6.45) is 10.9. The molecule has 0 radical (unpaired) electrons. The van der Waals surface area contributed by atoms with E-state index in [0.717, 1.165) is 48.0 Å². The second-order valence-corrected chi connectivity index (χ2v) is 9.59. The minimum absolute atomic E-state index is 0.0234. The largest absolute Gasteiger partial charge is 0.351 e. The number of hydrogen-bond donors (Lipinski definition) is 2. The molecule has 0 atom stereocenters. The number of amides is 1. The lowest BCUT2D eigenvalue weighted by Gasteiger charge is -2.28. The molecule has 1 saturated heterocycles. The minimum Gasteiger partial charge on any atom is -0.351 e. The molecule has 0 bridgehead atoms. The molecule has 2 fully saturated rings. The number of H-pyrrole nitrogens is 1. The van der Waals surface area contributed by atoms with E-state index in [2.05, 4.69) is 25.4 Å². The summed E-state index contributed by atoms with van der Waals surface area (Å²) in [6, 6.07) is 3.87. The highest BCUT2D eigenvalue weighted by atomic mass is 19.3. The molecule has 0 spiro atoms. The zero-order valence-electron chi connectivity index (χ0n) is 19.3. The Kier molecular flexibility index (Phi) is 5.38. The van der Waals surface area contributed by atoms with Gasteiger partial charge in [0.2, 0.25) is 11.9 Å². The van der Waals surface area contributed by atoms with Crippen LogP contribution in [-0.4, -0.2) is 60.4 Å². The van der Waals surface area contributed by atoms with Crippen molar-refractivity contribution < 1.29 is 13.6 Å². The number of alkyl halides is 2. The molecular weight excluding hydrogens is 452 g/mol. The summed E-state index contributed by atoms with van der Waals surface area (Å²) in [5.41, 5.74) is 3.88. The molecule has 1 amide bonds. The van der Waals surface area contributed by atoms with E-state index in [1.165, 1.54) is 6.42 Å². The third-order valence-electron chi connectivity index (χ3n) is 7.19. The maximum atomic E-state index is 13.4. The number of nitrogens with zero attached hydrogens (tertiary/aromatic N) is 5. The van der Waals surface area contributed by atoms with Gasteiger partial charge in [0.25, 0.3) is 5.91 Å². The predicted octanol–water partition coefficient (Wildman–Crippen LogP) is 4.89. The number of hydrogen-bond acceptors (Lipinski definition) is 5. The van der Waals surface area contributed by atoms with Gasteiger partial charge in [-0.2, -0.15) is 10.1 Å².